The van der Waals surface area contributed by atoms with Crippen LogP contribution in [0.15, 0.2) is 12.1 Å². The summed E-state index contributed by atoms with van der Waals surface area (Å²) in [6, 6.07) is 3.70. The maximum atomic E-state index is 11.8. The van der Waals surface area contributed by atoms with Crippen LogP contribution in [0.5, 0.6) is 5.75 Å². The van der Waals surface area contributed by atoms with Gasteiger partial charge in [-0.25, -0.2) is 0 Å². The van der Waals surface area contributed by atoms with E-state index in [2.05, 4.69) is 5.32 Å². The molecule has 1 saturated heterocycles. The minimum Gasteiger partial charge on any atom is -0.484 e. The van der Waals surface area contributed by atoms with Crippen LogP contribution in [0.2, 0.25) is 5.02 Å². The largest absolute Gasteiger partial charge is 0.484 e. The van der Waals surface area contributed by atoms with Crippen LogP contribution in [0.3, 0.4) is 0 Å². The highest BCUT2D eigenvalue weighted by atomic mass is 35.5. The molecular formula is C17H24ClNO3. The third-order valence-corrected chi connectivity index (χ3v) is 4.59. The Kier molecular flexibility index (Phi) is 6.52. The number of rotatable bonds is 6. The molecular weight excluding hydrogens is 302 g/mol. The summed E-state index contributed by atoms with van der Waals surface area (Å²) in [4.78, 5) is 11.8. The number of hydrogen-bond acceptors (Lipinski definition) is 3. The minimum atomic E-state index is -0.0858. The van der Waals surface area contributed by atoms with E-state index in [1.54, 1.807) is 0 Å². The standard InChI is InChI=1S/C17H24ClNO3/c1-12-9-15(10-13(2)17(12)18)22-11-16(20)19-6-3-14-4-7-21-8-5-14/h9-10,14H,3-8,11H2,1-2H3,(H,19,20). The second-order valence-corrected chi connectivity index (χ2v) is 6.23. The summed E-state index contributed by atoms with van der Waals surface area (Å²) < 4.78 is 10.9. The van der Waals surface area contributed by atoms with E-state index in [-0.39, 0.29) is 12.5 Å². The first kappa shape index (κ1) is 17.1. The summed E-state index contributed by atoms with van der Waals surface area (Å²) in [5, 5.41) is 3.65. The predicted octanol–water partition coefficient (Wildman–Crippen LogP) is 3.27. The predicted molar refractivity (Wildman–Crippen MR) is 87.6 cm³/mol. The van der Waals surface area contributed by atoms with Crippen LogP contribution in [0.25, 0.3) is 0 Å². The number of amides is 1. The monoisotopic (exact) mass is 325 g/mol. The first-order valence-corrected chi connectivity index (χ1v) is 8.18. The molecule has 0 saturated carbocycles. The van der Waals surface area contributed by atoms with Gasteiger partial charge in [0, 0.05) is 24.8 Å². The summed E-state index contributed by atoms with van der Waals surface area (Å²) in [5.74, 6) is 1.26. The van der Waals surface area contributed by atoms with E-state index < -0.39 is 0 Å². The Bertz CT molecular complexity index is 490. The SMILES string of the molecule is Cc1cc(OCC(=O)NCCC2CCOCC2)cc(C)c1Cl. The number of aryl methyl sites for hydroxylation is 2. The number of benzene rings is 1. The molecule has 5 heteroatoms. The molecule has 1 fully saturated rings. The molecule has 1 N–H and O–H groups in total. The Morgan fingerprint density at radius 3 is 2.59 bits per heavy atom. The molecule has 0 aromatic heterocycles. The van der Waals surface area contributed by atoms with Crippen molar-refractivity contribution in [1.82, 2.24) is 5.32 Å². The number of carbonyl (C=O) groups is 1. The molecule has 0 radical (unpaired) electrons. The van der Waals surface area contributed by atoms with Crippen LogP contribution < -0.4 is 10.1 Å². The fourth-order valence-corrected chi connectivity index (χ4v) is 2.75. The van der Waals surface area contributed by atoms with Crippen molar-refractivity contribution < 1.29 is 14.3 Å². The van der Waals surface area contributed by atoms with E-state index in [9.17, 15) is 4.79 Å². The molecule has 22 heavy (non-hydrogen) atoms. The second-order valence-electron chi connectivity index (χ2n) is 5.85. The van der Waals surface area contributed by atoms with Crippen LogP contribution in [-0.2, 0) is 9.53 Å². The summed E-state index contributed by atoms with van der Waals surface area (Å²) in [6.45, 7) is 6.28. The van der Waals surface area contributed by atoms with Gasteiger partial charge in [0.15, 0.2) is 6.61 Å². The molecule has 1 heterocycles. The number of carbonyl (C=O) groups excluding carboxylic acids is 1. The van der Waals surface area contributed by atoms with Crippen LogP contribution in [-0.4, -0.2) is 32.3 Å². The normalized spacial score (nSPS) is 15.6. The van der Waals surface area contributed by atoms with Gasteiger partial charge in [-0.2, -0.15) is 0 Å². The molecule has 122 valence electrons. The van der Waals surface area contributed by atoms with Crippen molar-refractivity contribution in [2.45, 2.75) is 33.1 Å². The van der Waals surface area contributed by atoms with Gasteiger partial charge in [-0.1, -0.05) is 11.6 Å². The number of nitrogens with one attached hydrogen (secondary N) is 1. The quantitative estimate of drug-likeness (QED) is 0.873. The third-order valence-electron chi connectivity index (χ3n) is 4.00. The van der Waals surface area contributed by atoms with Crippen LogP contribution in [0, 0.1) is 19.8 Å². The lowest BCUT2D eigenvalue weighted by molar-refractivity contribution is -0.123. The number of halogens is 1. The molecule has 1 amide bonds. The van der Waals surface area contributed by atoms with Crippen LogP contribution in [0.4, 0.5) is 0 Å². The summed E-state index contributed by atoms with van der Waals surface area (Å²) in [7, 11) is 0. The van der Waals surface area contributed by atoms with E-state index in [1.807, 2.05) is 26.0 Å². The Morgan fingerprint density at radius 2 is 1.95 bits per heavy atom. The lowest BCUT2D eigenvalue weighted by Gasteiger charge is -2.21. The average Bonchev–Trinajstić information content (AvgIpc) is 2.51. The Hall–Kier alpha value is -1.26. The van der Waals surface area contributed by atoms with Gasteiger partial charge < -0.3 is 14.8 Å². The summed E-state index contributed by atoms with van der Waals surface area (Å²) in [5.41, 5.74) is 1.91. The molecule has 1 aliphatic rings. The molecule has 0 atom stereocenters. The van der Waals surface area contributed by atoms with Crippen molar-refractivity contribution in [3.05, 3.63) is 28.3 Å². The summed E-state index contributed by atoms with van der Waals surface area (Å²) >= 11 is 6.11. The summed E-state index contributed by atoms with van der Waals surface area (Å²) in [6.07, 6.45) is 3.19. The second kappa shape index (κ2) is 8.39. The highest BCUT2D eigenvalue weighted by molar-refractivity contribution is 6.32. The molecule has 1 aliphatic heterocycles. The topological polar surface area (TPSA) is 47.6 Å². The molecule has 1 aromatic rings. The van der Waals surface area contributed by atoms with E-state index >= 15 is 0 Å². The zero-order chi connectivity index (χ0) is 15.9. The minimum absolute atomic E-state index is 0.0360. The van der Waals surface area contributed by atoms with Crippen molar-refractivity contribution in [3.8, 4) is 5.75 Å². The van der Waals surface area contributed by atoms with Crippen LogP contribution >= 0.6 is 11.6 Å². The van der Waals surface area contributed by atoms with Crippen molar-refractivity contribution in [2.24, 2.45) is 5.92 Å². The molecule has 1 aromatic carbocycles. The smallest absolute Gasteiger partial charge is 0.257 e. The lowest BCUT2D eigenvalue weighted by Crippen LogP contribution is -2.31. The van der Waals surface area contributed by atoms with Crippen molar-refractivity contribution >= 4 is 17.5 Å². The molecule has 0 bridgehead atoms. The lowest BCUT2D eigenvalue weighted by atomic mass is 9.97. The van der Waals surface area contributed by atoms with E-state index in [0.717, 1.165) is 48.6 Å². The number of hydrogen-bond donors (Lipinski definition) is 1. The zero-order valence-corrected chi connectivity index (χ0v) is 14.0. The van der Waals surface area contributed by atoms with Gasteiger partial charge in [0.25, 0.3) is 5.91 Å². The average molecular weight is 326 g/mol. The van der Waals surface area contributed by atoms with Crippen LogP contribution in [0.1, 0.15) is 30.4 Å². The Morgan fingerprint density at radius 1 is 1.32 bits per heavy atom. The van der Waals surface area contributed by atoms with Gasteiger partial charge >= 0.3 is 0 Å². The molecule has 4 nitrogen and oxygen atoms in total. The maximum Gasteiger partial charge on any atom is 0.257 e. The van der Waals surface area contributed by atoms with Gasteiger partial charge in [0.1, 0.15) is 5.75 Å². The third kappa shape index (κ3) is 5.18. The van der Waals surface area contributed by atoms with E-state index in [4.69, 9.17) is 21.1 Å². The Labute approximate surface area is 137 Å². The zero-order valence-electron chi connectivity index (χ0n) is 13.3. The first-order chi connectivity index (χ1) is 10.6. The molecule has 0 unspecified atom stereocenters. The molecule has 0 aliphatic carbocycles. The van der Waals surface area contributed by atoms with Crippen molar-refractivity contribution in [1.29, 1.82) is 0 Å². The van der Waals surface area contributed by atoms with Gasteiger partial charge in [0.2, 0.25) is 0 Å². The first-order valence-electron chi connectivity index (χ1n) is 7.80. The highest BCUT2D eigenvalue weighted by Gasteiger charge is 2.13. The van der Waals surface area contributed by atoms with Gasteiger partial charge in [-0.05, 0) is 62.3 Å². The Balaban J connectivity index is 1.69. The highest BCUT2D eigenvalue weighted by Crippen LogP contribution is 2.25. The number of ether oxygens (including phenoxy) is 2. The fraction of sp³-hybridized carbons (Fsp3) is 0.588. The fourth-order valence-electron chi connectivity index (χ4n) is 2.64. The van der Waals surface area contributed by atoms with E-state index in [1.165, 1.54) is 0 Å². The van der Waals surface area contributed by atoms with Gasteiger partial charge in [-0.3, -0.25) is 4.79 Å². The molecule has 2 rings (SSSR count). The van der Waals surface area contributed by atoms with Gasteiger partial charge in [-0.15, -0.1) is 0 Å². The van der Waals surface area contributed by atoms with Crippen molar-refractivity contribution in [3.63, 3.8) is 0 Å². The molecule has 0 spiro atoms. The van der Waals surface area contributed by atoms with E-state index in [0.29, 0.717) is 18.2 Å². The maximum absolute atomic E-state index is 11.8. The van der Waals surface area contributed by atoms with Crippen molar-refractivity contribution in [2.75, 3.05) is 26.4 Å². The van der Waals surface area contributed by atoms with Gasteiger partial charge in [0.05, 0.1) is 0 Å².